The van der Waals surface area contributed by atoms with Crippen molar-refractivity contribution >= 4 is 11.9 Å². The molecule has 9 heteroatoms. The van der Waals surface area contributed by atoms with Crippen molar-refractivity contribution in [3.63, 3.8) is 0 Å². The minimum atomic E-state index is -0.843. The minimum absolute atomic E-state index is 0.0541. The Morgan fingerprint density at radius 1 is 1.19 bits per heavy atom. The van der Waals surface area contributed by atoms with Gasteiger partial charge in [0.15, 0.2) is 11.5 Å². The zero-order valence-corrected chi connectivity index (χ0v) is 17.8. The van der Waals surface area contributed by atoms with E-state index in [9.17, 15) is 14.9 Å². The van der Waals surface area contributed by atoms with E-state index in [2.05, 4.69) is 6.58 Å². The van der Waals surface area contributed by atoms with Crippen molar-refractivity contribution in [2.24, 2.45) is 5.73 Å². The van der Waals surface area contributed by atoms with E-state index in [4.69, 9.17) is 29.4 Å². The predicted octanol–water partition coefficient (Wildman–Crippen LogP) is 2.45. The highest BCUT2D eigenvalue weighted by Crippen LogP contribution is 2.42. The van der Waals surface area contributed by atoms with Crippen LogP contribution in [-0.4, -0.2) is 39.4 Å². The van der Waals surface area contributed by atoms with E-state index in [1.165, 1.54) is 21.1 Å². The van der Waals surface area contributed by atoms with Gasteiger partial charge in [0, 0.05) is 5.57 Å². The Hall–Kier alpha value is -3.93. The third-order valence-electron chi connectivity index (χ3n) is 4.46. The number of esters is 2. The number of nitriles is 1. The summed E-state index contributed by atoms with van der Waals surface area (Å²) in [6.45, 7) is 6.20. The molecule has 0 aromatic heterocycles. The number of nitrogens with two attached hydrogens (primary N) is 1. The van der Waals surface area contributed by atoms with Gasteiger partial charge in [-0.2, -0.15) is 5.26 Å². The lowest BCUT2D eigenvalue weighted by Gasteiger charge is -2.27. The van der Waals surface area contributed by atoms with Crippen LogP contribution in [0.4, 0.5) is 0 Å². The van der Waals surface area contributed by atoms with Crippen molar-refractivity contribution in [3.8, 4) is 17.6 Å². The molecule has 1 heterocycles. The molecule has 0 radical (unpaired) electrons. The standard InChI is InChI=1S/C22H24N2O7/c1-12(2)21(25)29-8-9-30-22(26)18-13(3)31-20(24)15(11-23)19(18)14-6-7-16(27-4)17(10-14)28-5/h6-7,10,19H,1,8-9,24H2,2-5H3/t19-/m0/s1. The van der Waals surface area contributed by atoms with Gasteiger partial charge in [0.05, 0.1) is 25.7 Å². The zero-order valence-electron chi connectivity index (χ0n) is 17.8. The summed E-state index contributed by atoms with van der Waals surface area (Å²) >= 11 is 0. The summed E-state index contributed by atoms with van der Waals surface area (Å²) in [4.78, 5) is 24.3. The molecule has 0 bridgehead atoms. The summed E-state index contributed by atoms with van der Waals surface area (Å²) in [6.07, 6.45) is 0. The third kappa shape index (κ3) is 5.17. The second-order valence-corrected chi connectivity index (χ2v) is 6.56. The van der Waals surface area contributed by atoms with Crippen LogP contribution in [0.5, 0.6) is 11.5 Å². The Morgan fingerprint density at radius 2 is 1.84 bits per heavy atom. The monoisotopic (exact) mass is 428 g/mol. The zero-order chi connectivity index (χ0) is 23.1. The molecule has 0 unspecified atom stereocenters. The number of hydrogen-bond donors (Lipinski definition) is 1. The summed E-state index contributed by atoms with van der Waals surface area (Å²) in [5.41, 5.74) is 6.85. The van der Waals surface area contributed by atoms with Crippen LogP contribution in [0.15, 0.2) is 53.1 Å². The van der Waals surface area contributed by atoms with Gasteiger partial charge in [0.1, 0.15) is 30.6 Å². The minimum Gasteiger partial charge on any atom is -0.493 e. The van der Waals surface area contributed by atoms with Gasteiger partial charge in [-0.1, -0.05) is 12.6 Å². The van der Waals surface area contributed by atoms with E-state index in [1.54, 1.807) is 25.1 Å². The normalized spacial score (nSPS) is 15.5. The molecule has 0 aliphatic carbocycles. The van der Waals surface area contributed by atoms with Crippen LogP contribution in [0.3, 0.4) is 0 Å². The first-order valence-corrected chi connectivity index (χ1v) is 9.25. The fraction of sp³-hybridized carbons (Fsp3) is 0.318. The van der Waals surface area contributed by atoms with Crippen LogP contribution in [0.2, 0.25) is 0 Å². The van der Waals surface area contributed by atoms with E-state index in [0.717, 1.165) is 0 Å². The van der Waals surface area contributed by atoms with Gasteiger partial charge in [-0.3, -0.25) is 0 Å². The highest BCUT2D eigenvalue weighted by molar-refractivity contribution is 5.92. The van der Waals surface area contributed by atoms with Crippen molar-refractivity contribution in [2.75, 3.05) is 27.4 Å². The average Bonchev–Trinajstić information content (AvgIpc) is 2.75. The number of carbonyl (C=O) groups excluding carboxylic acids is 2. The molecular weight excluding hydrogens is 404 g/mol. The van der Waals surface area contributed by atoms with Gasteiger partial charge in [-0.05, 0) is 31.5 Å². The number of benzene rings is 1. The first kappa shape index (κ1) is 23.3. The van der Waals surface area contributed by atoms with Gasteiger partial charge >= 0.3 is 11.9 Å². The Labute approximate surface area is 180 Å². The number of hydrogen-bond acceptors (Lipinski definition) is 9. The fourth-order valence-electron chi connectivity index (χ4n) is 2.98. The van der Waals surface area contributed by atoms with Crippen LogP contribution in [-0.2, 0) is 23.8 Å². The number of nitrogens with zero attached hydrogens (tertiary/aromatic N) is 1. The summed E-state index contributed by atoms with van der Waals surface area (Å²) in [7, 11) is 2.97. The topological polar surface area (TPSA) is 130 Å². The molecule has 0 fully saturated rings. The van der Waals surface area contributed by atoms with Gasteiger partial charge in [-0.25, -0.2) is 9.59 Å². The number of carbonyl (C=O) groups is 2. The van der Waals surface area contributed by atoms with Crippen LogP contribution in [0.1, 0.15) is 25.3 Å². The molecule has 1 aliphatic heterocycles. The molecule has 0 saturated heterocycles. The number of rotatable bonds is 8. The molecule has 0 amide bonds. The lowest BCUT2D eigenvalue weighted by atomic mass is 9.83. The second-order valence-electron chi connectivity index (χ2n) is 6.56. The summed E-state index contributed by atoms with van der Waals surface area (Å²) in [6, 6.07) is 7.00. The highest BCUT2D eigenvalue weighted by atomic mass is 16.6. The summed E-state index contributed by atoms with van der Waals surface area (Å²) in [5.74, 6) is -1.17. The first-order chi connectivity index (χ1) is 14.7. The van der Waals surface area contributed by atoms with Crippen molar-refractivity contribution < 1.29 is 33.3 Å². The van der Waals surface area contributed by atoms with E-state index in [0.29, 0.717) is 17.1 Å². The Morgan fingerprint density at radius 3 is 2.42 bits per heavy atom. The van der Waals surface area contributed by atoms with Crippen molar-refractivity contribution in [1.82, 2.24) is 0 Å². The maximum Gasteiger partial charge on any atom is 0.338 e. The molecule has 31 heavy (non-hydrogen) atoms. The van der Waals surface area contributed by atoms with E-state index >= 15 is 0 Å². The molecule has 0 saturated carbocycles. The summed E-state index contributed by atoms with van der Waals surface area (Å²) in [5, 5.41) is 9.67. The number of allylic oxidation sites excluding steroid dienone is 2. The maximum atomic E-state index is 12.9. The largest absolute Gasteiger partial charge is 0.493 e. The highest BCUT2D eigenvalue weighted by Gasteiger charge is 2.36. The van der Waals surface area contributed by atoms with Gasteiger partial charge < -0.3 is 29.4 Å². The van der Waals surface area contributed by atoms with Gasteiger partial charge in [0.2, 0.25) is 5.88 Å². The molecule has 9 nitrogen and oxygen atoms in total. The second kappa shape index (κ2) is 10.2. The Balaban J connectivity index is 2.34. The van der Waals surface area contributed by atoms with E-state index in [-0.39, 0.29) is 41.6 Å². The first-order valence-electron chi connectivity index (χ1n) is 9.25. The molecule has 1 aromatic rings. The molecule has 2 rings (SSSR count). The molecular formula is C22H24N2O7. The lowest BCUT2D eigenvalue weighted by molar-refractivity contribution is -0.147. The predicted molar refractivity (Wildman–Crippen MR) is 110 cm³/mol. The van der Waals surface area contributed by atoms with Gasteiger partial charge in [-0.15, -0.1) is 0 Å². The van der Waals surface area contributed by atoms with Crippen LogP contribution >= 0.6 is 0 Å². The van der Waals surface area contributed by atoms with Crippen molar-refractivity contribution in [3.05, 3.63) is 58.7 Å². The summed E-state index contributed by atoms with van der Waals surface area (Å²) < 4.78 is 26.2. The van der Waals surface area contributed by atoms with Crippen LogP contribution < -0.4 is 15.2 Å². The fourth-order valence-corrected chi connectivity index (χ4v) is 2.98. The lowest BCUT2D eigenvalue weighted by Crippen LogP contribution is -2.26. The number of methoxy groups -OCH3 is 2. The Bertz CT molecular complexity index is 1000. The molecule has 1 aliphatic rings. The molecule has 1 atom stereocenters. The van der Waals surface area contributed by atoms with Gasteiger partial charge in [0.25, 0.3) is 0 Å². The van der Waals surface area contributed by atoms with E-state index in [1.807, 2.05) is 6.07 Å². The Kier molecular flexibility index (Phi) is 7.69. The number of ether oxygens (including phenoxy) is 5. The SMILES string of the molecule is C=C(C)C(=O)OCCOC(=O)C1=C(C)OC(N)=C(C#N)[C@@H]1c1ccc(OC)c(OC)c1. The molecule has 164 valence electrons. The van der Waals surface area contributed by atoms with Crippen LogP contribution in [0, 0.1) is 11.3 Å². The molecule has 2 N–H and O–H groups in total. The average molecular weight is 428 g/mol. The van der Waals surface area contributed by atoms with Crippen molar-refractivity contribution in [2.45, 2.75) is 19.8 Å². The maximum absolute atomic E-state index is 12.9. The quantitative estimate of drug-likeness (QED) is 0.377. The third-order valence-corrected chi connectivity index (χ3v) is 4.46. The smallest absolute Gasteiger partial charge is 0.338 e. The molecule has 0 spiro atoms. The van der Waals surface area contributed by atoms with Crippen molar-refractivity contribution in [1.29, 1.82) is 5.26 Å². The van der Waals surface area contributed by atoms with E-state index < -0.39 is 17.9 Å². The van der Waals surface area contributed by atoms with Crippen LogP contribution in [0.25, 0.3) is 0 Å². The molecule has 1 aromatic carbocycles.